The van der Waals surface area contributed by atoms with Gasteiger partial charge in [-0.25, -0.2) is 0 Å². The van der Waals surface area contributed by atoms with Crippen LogP contribution in [-0.4, -0.2) is 58.7 Å². The van der Waals surface area contributed by atoms with Crippen molar-refractivity contribution in [2.45, 2.75) is 25.3 Å². The van der Waals surface area contributed by atoms with Crippen LogP contribution >= 0.6 is 0 Å². The Balaban J connectivity index is 1.33. The van der Waals surface area contributed by atoms with Gasteiger partial charge in [0.15, 0.2) is 0 Å². The number of para-hydroxylation sites is 1. The van der Waals surface area contributed by atoms with E-state index >= 15 is 0 Å². The zero-order chi connectivity index (χ0) is 18.8. The van der Waals surface area contributed by atoms with Crippen LogP contribution in [0.4, 0.5) is 5.69 Å². The van der Waals surface area contributed by atoms with Crippen molar-refractivity contribution < 1.29 is 9.59 Å². The van der Waals surface area contributed by atoms with Crippen molar-refractivity contribution in [3.63, 3.8) is 0 Å². The van der Waals surface area contributed by atoms with Crippen LogP contribution in [-0.2, 0) is 18.3 Å². The largest absolute Gasteiger partial charge is 0.348 e. The SMILES string of the molecule is Cn1cc(C(=O)NC2CCCN(CC(=O)N3CCc4ccccc43)C2)cn1. The van der Waals surface area contributed by atoms with Crippen LogP contribution < -0.4 is 10.2 Å². The number of nitrogens with one attached hydrogen (secondary N) is 1. The first-order valence-electron chi connectivity index (χ1n) is 9.50. The molecule has 2 aliphatic rings. The maximum atomic E-state index is 12.8. The van der Waals surface area contributed by atoms with Gasteiger partial charge in [0.05, 0.1) is 18.3 Å². The molecule has 0 bridgehead atoms. The molecule has 1 atom stereocenters. The van der Waals surface area contributed by atoms with Gasteiger partial charge in [-0.2, -0.15) is 5.10 Å². The van der Waals surface area contributed by atoms with E-state index in [1.165, 1.54) is 5.56 Å². The number of nitrogens with zero attached hydrogens (tertiary/aromatic N) is 4. The third kappa shape index (κ3) is 3.88. The number of carbonyl (C=O) groups is 2. The fraction of sp³-hybridized carbons (Fsp3) is 0.450. The molecule has 4 rings (SSSR count). The average Bonchev–Trinajstić information content (AvgIpc) is 3.28. The van der Waals surface area contributed by atoms with Crippen LogP contribution in [0.3, 0.4) is 0 Å². The van der Waals surface area contributed by atoms with Gasteiger partial charge in [-0.05, 0) is 37.4 Å². The van der Waals surface area contributed by atoms with Gasteiger partial charge in [-0.1, -0.05) is 18.2 Å². The number of aryl methyl sites for hydroxylation is 1. The number of aromatic nitrogens is 2. The van der Waals surface area contributed by atoms with Gasteiger partial charge in [-0.15, -0.1) is 0 Å². The van der Waals surface area contributed by atoms with Crippen molar-refractivity contribution >= 4 is 17.5 Å². The highest BCUT2D eigenvalue weighted by Crippen LogP contribution is 2.27. The summed E-state index contributed by atoms with van der Waals surface area (Å²) >= 11 is 0. The number of hydrogen-bond donors (Lipinski definition) is 1. The minimum absolute atomic E-state index is 0.0603. The number of likely N-dealkylation sites (tertiary alicyclic amines) is 1. The summed E-state index contributed by atoms with van der Waals surface area (Å²) in [5.41, 5.74) is 2.85. The Morgan fingerprint density at radius 3 is 2.93 bits per heavy atom. The maximum absolute atomic E-state index is 12.8. The average molecular weight is 367 g/mol. The second-order valence-corrected chi connectivity index (χ2v) is 7.37. The van der Waals surface area contributed by atoms with Crippen molar-refractivity contribution in [2.24, 2.45) is 7.05 Å². The number of anilines is 1. The molecule has 2 amide bonds. The molecule has 1 unspecified atom stereocenters. The van der Waals surface area contributed by atoms with E-state index in [9.17, 15) is 9.59 Å². The molecule has 0 spiro atoms. The Morgan fingerprint density at radius 2 is 2.11 bits per heavy atom. The van der Waals surface area contributed by atoms with E-state index in [2.05, 4.69) is 21.4 Å². The molecule has 1 N–H and O–H groups in total. The molecule has 0 saturated carbocycles. The second-order valence-electron chi connectivity index (χ2n) is 7.37. The lowest BCUT2D eigenvalue weighted by Crippen LogP contribution is -2.50. The molecule has 7 heteroatoms. The van der Waals surface area contributed by atoms with Gasteiger partial charge in [-0.3, -0.25) is 19.2 Å². The van der Waals surface area contributed by atoms with Crippen LogP contribution in [0.15, 0.2) is 36.7 Å². The molecule has 1 aromatic carbocycles. The highest BCUT2D eigenvalue weighted by Gasteiger charge is 2.28. The summed E-state index contributed by atoms with van der Waals surface area (Å²) in [5.74, 6) is 0.0360. The van der Waals surface area contributed by atoms with Crippen LogP contribution in [0, 0.1) is 0 Å². The summed E-state index contributed by atoms with van der Waals surface area (Å²) in [6.45, 7) is 2.74. The summed E-state index contributed by atoms with van der Waals surface area (Å²) in [7, 11) is 1.79. The molecule has 2 aliphatic heterocycles. The summed E-state index contributed by atoms with van der Waals surface area (Å²) in [4.78, 5) is 29.2. The van der Waals surface area contributed by atoms with Crippen molar-refractivity contribution in [1.29, 1.82) is 0 Å². The summed E-state index contributed by atoms with van der Waals surface area (Å²) in [5, 5.41) is 7.12. The van der Waals surface area contributed by atoms with Crippen LogP contribution in [0.5, 0.6) is 0 Å². The molecule has 1 saturated heterocycles. The molecule has 1 fully saturated rings. The topological polar surface area (TPSA) is 70.5 Å². The Hall–Kier alpha value is -2.67. The van der Waals surface area contributed by atoms with E-state index in [1.54, 1.807) is 24.1 Å². The summed E-state index contributed by atoms with van der Waals surface area (Å²) in [6, 6.07) is 8.17. The summed E-state index contributed by atoms with van der Waals surface area (Å²) < 4.78 is 1.62. The molecule has 1 aromatic heterocycles. The molecule has 27 heavy (non-hydrogen) atoms. The minimum atomic E-state index is -0.102. The van der Waals surface area contributed by atoms with Crippen molar-refractivity contribution in [2.75, 3.05) is 31.1 Å². The first-order valence-corrected chi connectivity index (χ1v) is 9.50. The van der Waals surface area contributed by atoms with Crippen LogP contribution in [0.25, 0.3) is 0 Å². The molecule has 142 valence electrons. The lowest BCUT2D eigenvalue weighted by molar-refractivity contribution is -0.119. The fourth-order valence-corrected chi connectivity index (χ4v) is 4.00. The van der Waals surface area contributed by atoms with E-state index in [0.29, 0.717) is 18.7 Å². The molecule has 3 heterocycles. The lowest BCUT2D eigenvalue weighted by atomic mass is 10.1. The highest BCUT2D eigenvalue weighted by molar-refractivity contribution is 5.97. The van der Waals surface area contributed by atoms with E-state index < -0.39 is 0 Å². The van der Waals surface area contributed by atoms with Crippen molar-refractivity contribution in [3.05, 3.63) is 47.8 Å². The first-order chi connectivity index (χ1) is 13.1. The number of carbonyl (C=O) groups excluding carboxylic acids is 2. The molecular weight excluding hydrogens is 342 g/mol. The smallest absolute Gasteiger partial charge is 0.254 e. The van der Waals surface area contributed by atoms with Gasteiger partial charge >= 0.3 is 0 Å². The zero-order valence-electron chi connectivity index (χ0n) is 15.6. The van der Waals surface area contributed by atoms with Crippen molar-refractivity contribution in [3.8, 4) is 0 Å². The molecule has 0 radical (unpaired) electrons. The minimum Gasteiger partial charge on any atom is -0.348 e. The Labute approximate surface area is 158 Å². The third-order valence-electron chi connectivity index (χ3n) is 5.35. The molecule has 7 nitrogen and oxygen atoms in total. The van der Waals surface area contributed by atoms with Gasteiger partial charge < -0.3 is 10.2 Å². The fourth-order valence-electron chi connectivity index (χ4n) is 4.00. The number of benzene rings is 1. The van der Waals surface area contributed by atoms with Gasteiger partial charge in [0.25, 0.3) is 5.91 Å². The maximum Gasteiger partial charge on any atom is 0.254 e. The number of rotatable bonds is 4. The molecular formula is C20H25N5O2. The Morgan fingerprint density at radius 1 is 1.26 bits per heavy atom. The lowest BCUT2D eigenvalue weighted by Gasteiger charge is -2.33. The number of amides is 2. The Kier molecular flexibility index (Phi) is 4.94. The first kappa shape index (κ1) is 17.7. The normalized spacial score (nSPS) is 19.7. The second kappa shape index (κ2) is 7.52. The van der Waals surface area contributed by atoms with E-state index in [1.807, 2.05) is 23.1 Å². The van der Waals surface area contributed by atoms with Crippen LogP contribution in [0.2, 0.25) is 0 Å². The standard InChI is InChI=1S/C20H25N5O2/c1-23-12-16(11-21-23)20(27)22-17-6-4-9-24(13-17)14-19(26)25-10-8-15-5-2-3-7-18(15)25/h2-3,5,7,11-12,17H,4,6,8-10,13-14H2,1H3,(H,22,27). The van der Waals surface area contributed by atoms with E-state index in [0.717, 1.165) is 38.0 Å². The molecule has 0 aliphatic carbocycles. The van der Waals surface area contributed by atoms with Crippen LogP contribution in [0.1, 0.15) is 28.8 Å². The van der Waals surface area contributed by atoms with Gasteiger partial charge in [0.1, 0.15) is 0 Å². The monoisotopic (exact) mass is 367 g/mol. The van der Waals surface area contributed by atoms with Gasteiger partial charge in [0, 0.05) is 38.1 Å². The predicted molar refractivity (Wildman–Crippen MR) is 103 cm³/mol. The number of fused-ring (bicyclic) bond motifs is 1. The van der Waals surface area contributed by atoms with E-state index in [4.69, 9.17) is 0 Å². The van der Waals surface area contributed by atoms with Gasteiger partial charge in [0.2, 0.25) is 5.91 Å². The zero-order valence-corrected chi connectivity index (χ0v) is 15.6. The third-order valence-corrected chi connectivity index (χ3v) is 5.35. The number of hydrogen-bond acceptors (Lipinski definition) is 4. The Bertz CT molecular complexity index is 846. The quantitative estimate of drug-likeness (QED) is 0.882. The molecule has 2 aromatic rings. The predicted octanol–water partition coefficient (Wildman–Crippen LogP) is 1.20. The highest BCUT2D eigenvalue weighted by atomic mass is 16.2. The van der Waals surface area contributed by atoms with E-state index in [-0.39, 0.29) is 17.9 Å². The number of piperidine rings is 1. The van der Waals surface area contributed by atoms with Crippen molar-refractivity contribution in [1.82, 2.24) is 20.0 Å². The summed E-state index contributed by atoms with van der Waals surface area (Å²) in [6.07, 6.45) is 6.12.